The number of ether oxygens (including phenoxy) is 6. The number of nitrogens with zero attached hydrogens (tertiary/aromatic N) is 2. The summed E-state index contributed by atoms with van der Waals surface area (Å²) in [7, 11) is 0. The van der Waals surface area contributed by atoms with Crippen LogP contribution in [0.25, 0.3) is 0 Å². The number of carbonyl (C=O) groups excluding carboxylic acids is 6. The minimum atomic E-state index is -2.59. The topological polar surface area (TPSA) is 327 Å². The summed E-state index contributed by atoms with van der Waals surface area (Å²) in [6.45, 7) is 6.25. The Balaban J connectivity index is 1.17. The summed E-state index contributed by atoms with van der Waals surface area (Å²) in [4.78, 5) is 114. The second-order valence-electron chi connectivity index (χ2n) is 21.8. The summed E-state index contributed by atoms with van der Waals surface area (Å²) in [6.07, 6.45) is -15.6. The summed E-state index contributed by atoms with van der Waals surface area (Å²) < 4.78 is 38.2. The minimum Gasteiger partial charge on any atom is -0.456 e. The first-order chi connectivity index (χ1) is 37.9. The molecule has 3 unspecified atom stereocenters. The number of rotatable bonds is 14. The molecule has 7 N–H and O–H groups in total. The van der Waals surface area contributed by atoms with Gasteiger partial charge in [0.2, 0.25) is 0 Å². The molecule has 426 valence electrons. The van der Waals surface area contributed by atoms with E-state index in [1.807, 2.05) is 0 Å². The van der Waals surface area contributed by atoms with Crippen LogP contribution in [0.3, 0.4) is 0 Å². The van der Waals surface area contributed by atoms with Crippen molar-refractivity contribution in [3.63, 3.8) is 0 Å². The lowest BCUT2D eigenvalue weighted by Crippen LogP contribution is -2.82. The first kappa shape index (κ1) is 57.3. The third-order valence-electron chi connectivity index (χ3n) is 16.9. The van der Waals surface area contributed by atoms with E-state index in [1.165, 1.54) is 65.1 Å². The molecule has 3 aliphatic carbocycles. The lowest BCUT2D eigenvalue weighted by molar-refractivity contribution is -0.345. The van der Waals surface area contributed by atoms with Crippen molar-refractivity contribution >= 4 is 35.7 Å². The Kier molecular flexibility index (Phi) is 15.7. The van der Waals surface area contributed by atoms with Crippen LogP contribution >= 0.6 is 0 Å². The molecule has 23 heteroatoms. The van der Waals surface area contributed by atoms with E-state index < -0.39 is 162 Å². The first-order valence-corrected chi connectivity index (χ1v) is 26.1. The predicted octanol–water partition coefficient (Wildman–Crippen LogP) is 1.83. The van der Waals surface area contributed by atoms with E-state index in [4.69, 9.17) is 28.4 Å². The van der Waals surface area contributed by atoms with E-state index in [9.17, 15) is 59.1 Å². The number of alkyl carbamates (subject to hydrolysis) is 1. The number of aliphatic hydroxyl groups is 5. The number of nitrogens with one attached hydrogen (secondary N) is 2. The summed E-state index contributed by atoms with van der Waals surface area (Å²) in [6, 6.07) is 22.2. The standard InChI is InChI=1S/C57H64N4O19/c1-29-25-60(40-22-35(64)37(26-62)76-40)53(73)61(49(29)69)28-58-52(72)78-44-41-30(2)36(77-51(71)43(66)42(32-16-10-7-11-17-32)59-48(68)33-18-12-8-13-19-33)24-57(74,54(41,4)5)47(79-50(70)34-20-14-9-15-21-34)45-55(6,46(44)67)38(65)23-39-56(45,27-75-39)80-31(3)63/h7-21,25,35-40,42-45,47,62,64-66,74H,22-24,26-28H2,1-6H3,(H,58,72)(H,59,68)/t35?,36-,37-,38-,39?,40-,42-,43+,44+,45-,47-,55?,56-,57+/m0/s1. The van der Waals surface area contributed by atoms with Crippen LogP contribution in [0, 0.1) is 23.7 Å². The van der Waals surface area contributed by atoms with Gasteiger partial charge in [-0.05, 0) is 61.7 Å². The molecule has 80 heavy (non-hydrogen) atoms. The third kappa shape index (κ3) is 9.83. The number of aromatic nitrogens is 2. The molecule has 0 spiro atoms. The summed E-state index contributed by atoms with van der Waals surface area (Å²) >= 11 is 0. The van der Waals surface area contributed by atoms with Gasteiger partial charge in [-0.25, -0.2) is 23.7 Å². The van der Waals surface area contributed by atoms with Gasteiger partial charge >= 0.3 is 29.7 Å². The van der Waals surface area contributed by atoms with Gasteiger partial charge in [-0.15, -0.1) is 0 Å². The molecule has 2 aliphatic heterocycles. The maximum absolute atomic E-state index is 16.2. The fraction of sp³-hybridized carbons (Fsp3) is 0.474. The normalized spacial score (nSPS) is 31.1. The molecule has 14 atom stereocenters. The summed E-state index contributed by atoms with van der Waals surface area (Å²) in [5.41, 5.74) is -10.3. The molecule has 2 bridgehead atoms. The smallest absolute Gasteiger partial charge is 0.409 e. The molecule has 5 aliphatic rings. The molecule has 23 nitrogen and oxygen atoms in total. The maximum atomic E-state index is 16.2. The Bertz CT molecular complexity index is 3220. The number of aryl methyl sites for hydroxylation is 1. The van der Waals surface area contributed by atoms with Crippen molar-refractivity contribution in [3.05, 3.63) is 151 Å². The van der Waals surface area contributed by atoms with E-state index in [-0.39, 0.29) is 40.7 Å². The number of carbonyl (C=O) groups is 6. The fourth-order valence-corrected chi connectivity index (χ4v) is 12.5. The lowest BCUT2D eigenvalue weighted by atomic mass is 9.44. The monoisotopic (exact) mass is 1110 g/mol. The molecule has 1 aromatic heterocycles. The number of Topliss-reactive ketones (excluding diaryl/α,β-unsaturated/α-hetero) is 1. The largest absolute Gasteiger partial charge is 0.456 e. The molecule has 2 saturated carbocycles. The molecule has 4 fully saturated rings. The zero-order valence-electron chi connectivity index (χ0n) is 44.7. The van der Waals surface area contributed by atoms with Crippen molar-refractivity contribution in [2.24, 2.45) is 16.7 Å². The van der Waals surface area contributed by atoms with Crippen LogP contribution in [-0.4, -0.2) is 144 Å². The highest BCUT2D eigenvalue weighted by Crippen LogP contribution is 2.64. The molecule has 4 aromatic rings. The molecule has 2 amide bonds. The van der Waals surface area contributed by atoms with Gasteiger partial charge in [0.25, 0.3) is 11.5 Å². The van der Waals surface area contributed by atoms with E-state index in [1.54, 1.807) is 66.7 Å². The van der Waals surface area contributed by atoms with Crippen molar-refractivity contribution < 1.29 is 82.7 Å². The highest BCUT2D eigenvalue weighted by Gasteiger charge is 2.78. The average Bonchev–Trinajstić information content (AvgIpc) is 3.82. The van der Waals surface area contributed by atoms with Crippen LogP contribution in [0.2, 0.25) is 0 Å². The van der Waals surface area contributed by atoms with E-state index >= 15 is 4.79 Å². The first-order valence-electron chi connectivity index (χ1n) is 26.1. The Labute approximate surface area is 458 Å². The molecular weight excluding hydrogens is 1040 g/mol. The van der Waals surface area contributed by atoms with Crippen molar-refractivity contribution in [2.75, 3.05) is 13.2 Å². The number of aliphatic hydroxyl groups excluding tert-OH is 4. The van der Waals surface area contributed by atoms with Gasteiger partial charge in [-0.3, -0.25) is 23.7 Å². The van der Waals surface area contributed by atoms with Crippen molar-refractivity contribution in [1.82, 2.24) is 19.8 Å². The van der Waals surface area contributed by atoms with Gasteiger partial charge < -0.3 is 64.6 Å². The number of hydrogen-bond acceptors (Lipinski definition) is 19. The zero-order valence-corrected chi connectivity index (χ0v) is 44.7. The van der Waals surface area contributed by atoms with Gasteiger partial charge in [0.1, 0.15) is 42.9 Å². The Morgan fingerprint density at radius 3 is 2.06 bits per heavy atom. The average molecular weight is 1110 g/mol. The van der Waals surface area contributed by atoms with Crippen LogP contribution < -0.4 is 21.9 Å². The third-order valence-corrected chi connectivity index (χ3v) is 16.9. The number of fused-ring (bicyclic) bond motifs is 5. The van der Waals surface area contributed by atoms with Gasteiger partial charge in [-0.1, -0.05) is 80.6 Å². The molecule has 2 saturated heterocycles. The van der Waals surface area contributed by atoms with Crippen molar-refractivity contribution in [3.8, 4) is 0 Å². The number of ketones is 1. The van der Waals surface area contributed by atoms with Crippen LogP contribution in [0.1, 0.15) is 98.0 Å². The molecular formula is C57H64N4O19. The van der Waals surface area contributed by atoms with Crippen molar-refractivity contribution in [1.29, 1.82) is 0 Å². The Hall–Kier alpha value is -7.38. The van der Waals surface area contributed by atoms with Gasteiger partial charge in [0.15, 0.2) is 23.6 Å². The minimum absolute atomic E-state index is 0.00581. The molecule has 9 rings (SSSR count). The van der Waals surface area contributed by atoms with Crippen LogP contribution in [-0.2, 0) is 49.5 Å². The van der Waals surface area contributed by atoms with Gasteiger partial charge in [0.05, 0.1) is 48.4 Å². The summed E-state index contributed by atoms with van der Waals surface area (Å²) in [5, 5.41) is 63.7. The Morgan fingerprint density at radius 1 is 0.850 bits per heavy atom. The number of hydrogen-bond donors (Lipinski definition) is 7. The van der Waals surface area contributed by atoms with Crippen LogP contribution in [0.5, 0.6) is 0 Å². The second-order valence-corrected chi connectivity index (χ2v) is 21.8. The highest BCUT2D eigenvalue weighted by atomic mass is 16.6. The van der Waals surface area contributed by atoms with E-state index in [2.05, 4.69) is 10.6 Å². The Morgan fingerprint density at radius 2 is 1.48 bits per heavy atom. The number of benzene rings is 3. The highest BCUT2D eigenvalue weighted by molar-refractivity contribution is 5.96. The molecule has 3 heterocycles. The predicted molar refractivity (Wildman–Crippen MR) is 277 cm³/mol. The fourth-order valence-electron chi connectivity index (χ4n) is 12.5. The molecule has 3 aromatic carbocycles. The lowest BCUT2D eigenvalue weighted by Gasteiger charge is -2.67. The summed E-state index contributed by atoms with van der Waals surface area (Å²) in [5.74, 6) is -6.71. The van der Waals surface area contributed by atoms with Crippen LogP contribution in [0.15, 0.2) is 118 Å². The number of amides is 2. The van der Waals surface area contributed by atoms with Crippen LogP contribution in [0.4, 0.5) is 4.79 Å². The van der Waals surface area contributed by atoms with Gasteiger partial charge in [-0.2, -0.15) is 0 Å². The SMILES string of the molecule is CC(=O)O[C@@]12COC1C[C@H](O)C1(C)C(=O)[C@H](OC(=O)NCn3c(=O)c(C)cn([C@@H]4CC(O)[C@H](CO)O4)c3=O)C3=C(C)[C@@H](OC(=O)[C@H](O)[C@@H](NC(=O)c4ccccc4)c4ccccc4)C[C@@](O)([C@@H](OC(=O)c4ccccc4)[C@@H]12)C3(C)C. The van der Waals surface area contributed by atoms with Crippen molar-refractivity contribution in [2.45, 2.75) is 140 Å². The molecule has 0 radical (unpaired) electrons. The zero-order chi connectivity index (χ0) is 57.8. The van der Waals surface area contributed by atoms with Gasteiger partial charge in [0, 0.05) is 48.9 Å². The maximum Gasteiger partial charge on any atom is 0.409 e. The number of esters is 3. The quantitative estimate of drug-likeness (QED) is 0.0538. The van der Waals surface area contributed by atoms with E-state index in [0.717, 1.165) is 11.5 Å². The second kappa shape index (κ2) is 21.9. The van der Waals surface area contributed by atoms with E-state index in [0.29, 0.717) is 10.1 Å².